The molecule has 11 heteroatoms. The number of amides is 1. The number of likely N-dealkylation sites (tertiary alicyclic amines) is 1. The minimum Gasteiger partial charge on any atom is -0.484 e. The van der Waals surface area contributed by atoms with Crippen LogP contribution in [0.5, 0.6) is 5.75 Å². The van der Waals surface area contributed by atoms with Crippen LogP contribution in [-0.2, 0) is 7.05 Å². The van der Waals surface area contributed by atoms with Gasteiger partial charge in [0.15, 0.2) is 6.61 Å². The normalized spacial score (nSPS) is 18.9. The average Bonchev–Trinajstić information content (AvgIpc) is 3.15. The molecule has 0 aliphatic carbocycles. The Balaban J connectivity index is 1.42. The van der Waals surface area contributed by atoms with Crippen LogP contribution in [0, 0.1) is 6.92 Å². The molecule has 1 aliphatic rings. The molecule has 3 aromatic rings. The van der Waals surface area contributed by atoms with Gasteiger partial charge in [-0.25, -0.2) is 9.97 Å². The molecular formula is C24H27F3N6O2. The van der Waals surface area contributed by atoms with Gasteiger partial charge in [-0.2, -0.15) is 18.3 Å². The number of nitrogens with one attached hydrogen (secondary N) is 1. The number of carbonyl (C=O) groups excluding carboxylic acids is 1. The number of rotatable bonds is 6. The van der Waals surface area contributed by atoms with Gasteiger partial charge in [0.2, 0.25) is 0 Å². The van der Waals surface area contributed by atoms with Crippen LogP contribution in [0.15, 0.2) is 42.9 Å². The molecule has 3 heterocycles. The summed E-state index contributed by atoms with van der Waals surface area (Å²) in [6.07, 6.45) is -0.279. The van der Waals surface area contributed by atoms with E-state index in [1.165, 1.54) is 24.0 Å². The van der Waals surface area contributed by atoms with Gasteiger partial charge < -0.3 is 15.0 Å². The van der Waals surface area contributed by atoms with Crippen molar-refractivity contribution in [1.29, 1.82) is 0 Å². The second kappa shape index (κ2) is 10.0. The lowest BCUT2D eigenvalue weighted by atomic mass is 9.88. The Morgan fingerprint density at radius 1 is 1.17 bits per heavy atom. The van der Waals surface area contributed by atoms with E-state index < -0.39 is 12.8 Å². The third-order valence-corrected chi connectivity index (χ3v) is 5.91. The molecule has 186 valence electrons. The van der Waals surface area contributed by atoms with Crippen molar-refractivity contribution < 1.29 is 22.7 Å². The maximum Gasteiger partial charge on any atom is 0.422 e. The Kier molecular flexibility index (Phi) is 7.06. The SMILES string of the molecule is Cc1nn(C)cc1C1CC(NC(=O)c2cc(-c3ccc(OCC(F)(F)F)cc3)ncn2)CN(C)C1. The average molecular weight is 489 g/mol. The second-order valence-electron chi connectivity index (χ2n) is 8.88. The number of likely N-dealkylation sites (N-methyl/N-ethyl adjacent to an activating group) is 1. The number of carbonyl (C=O) groups is 1. The molecule has 35 heavy (non-hydrogen) atoms. The highest BCUT2D eigenvalue weighted by atomic mass is 19.4. The van der Waals surface area contributed by atoms with Gasteiger partial charge in [0.25, 0.3) is 5.91 Å². The Morgan fingerprint density at radius 2 is 1.91 bits per heavy atom. The minimum atomic E-state index is -4.41. The van der Waals surface area contributed by atoms with Gasteiger partial charge in [-0.3, -0.25) is 9.48 Å². The first-order chi connectivity index (χ1) is 16.6. The topological polar surface area (TPSA) is 85.2 Å². The highest BCUT2D eigenvalue weighted by molar-refractivity contribution is 5.93. The fourth-order valence-corrected chi connectivity index (χ4v) is 4.45. The van der Waals surface area contributed by atoms with E-state index in [1.807, 2.05) is 31.9 Å². The van der Waals surface area contributed by atoms with Crippen LogP contribution in [0.3, 0.4) is 0 Å². The number of benzene rings is 1. The number of aryl methyl sites for hydroxylation is 2. The number of alkyl halides is 3. The fourth-order valence-electron chi connectivity index (χ4n) is 4.45. The second-order valence-corrected chi connectivity index (χ2v) is 8.88. The predicted molar refractivity (Wildman–Crippen MR) is 123 cm³/mol. The first kappa shape index (κ1) is 24.6. The number of aromatic nitrogens is 4. The van der Waals surface area contributed by atoms with E-state index in [1.54, 1.807) is 18.2 Å². The molecule has 2 aromatic heterocycles. The van der Waals surface area contributed by atoms with Crippen LogP contribution in [0.1, 0.15) is 34.1 Å². The van der Waals surface area contributed by atoms with Crippen molar-refractivity contribution in [2.24, 2.45) is 7.05 Å². The molecule has 8 nitrogen and oxygen atoms in total. The smallest absolute Gasteiger partial charge is 0.422 e. The minimum absolute atomic E-state index is 0.0608. The quantitative estimate of drug-likeness (QED) is 0.573. The van der Waals surface area contributed by atoms with Crippen LogP contribution in [-0.4, -0.2) is 69.5 Å². The van der Waals surface area contributed by atoms with Crippen molar-refractivity contribution >= 4 is 5.91 Å². The van der Waals surface area contributed by atoms with Crippen molar-refractivity contribution in [3.63, 3.8) is 0 Å². The summed E-state index contributed by atoms with van der Waals surface area (Å²) in [5, 5.41) is 7.53. The predicted octanol–water partition coefficient (Wildman–Crippen LogP) is 3.34. The van der Waals surface area contributed by atoms with E-state index >= 15 is 0 Å². The van der Waals surface area contributed by atoms with Crippen molar-refractivity contribution in [2.45, 2.75) is 31.5 Å². The maximum atomic E-state index is 13.0. The summed E-state index contributed by atoms with van der Waals surface area (Å²) in [7, 11) is 3.93. The Hall–Kier alpha value is -3.47. The Morgan fingerprint density at radius 3 is 2.57 bits per heavy atom. The van der Waals surface area contributed by atoms with Crippen molar-refractivity contribution in [1.82, 2.24) is 30.0 Å². The largest absolute Gasteiger partial charge is 0.484 e. The summed E-state index contributed by atoms with van der Waals surface area (Å²) in [6, 6.07) is 7.55. The Labute approximate surface area is 201 Å². The summed E-state index contributed by atoms with van der Waals surface area (Å²) < 4.78 is 43.6. The Bertz CT molecular complexity index is 1180. The molecule has 4 rings (SSSR count). The van der Waals surface area contributed by atoms with Crippen LogP contribution < -0.4 is 10.1 Å². The van der Waals surface area contributed by atoms with Gasteiger partial charge >= 0.3 is 6.18 Å². The zero-order chi connectivity index (χ0) is 25.2. The molecule has 0 saturated carbocycles. The van der Waals surface area contributed by atoms with Crippen molar-refractivity contribution in [2.75, 3.05) is 26.7 Å². The van der Waals surface area contributed by atoms with Crippen molar-refractivity contribution in [3.8, 4) is 17.0 Å². The molecule has 1 N–H and O–H groups in total. The van der Waals surface area contributed by atoms with E-state index in [4.69, 9.17) is 4.74 Å². The molecule has 1 fully saturated rings. The highest BCUT2D eigenvalue weighted by Gasteiger charge is 2.30. The standard InChI is InChI=1S/C24H27F3N6O2/c1-15-20(12-33(3)31-15)17-8-18(11-32(2)10-17)30-23(34)22-9-21(28-14-29-22)16-4-6-19(7-5-16)35-13-24(25,26)27/h4-7,9,12,14,17-18H,8,10-11,13H2,1-3H3,(H,30,34). The molecule has 2 unspecified atom stereocenters. The van der Waals surface area contributed by atoms with Crippen LogP contribution in [0.2, 0.25) is 0 Å². The van der Waals surface area contributed by atoms with E-state index in [0.717, 1.165) is 25.2 Å². The van der Waals surface area contributed by atoms with E-state index in [0.29, 0.717) is 11.3 Å². The third kappa shape index (κ3) is 6.36. The van der Waals surface area contributed by atoms with E-state index in [2.05, 4.69) is 25.3 Å². The molecule has 1 aliphatic heterocycles. The zero-order valence-corrected chi connectivity index (χ0v) is 19.7. The summed E-state index contributed by atoms with van der Waals surface area (Å²) in [5.41, 5.74) is 3.51. The van der Waals surface area contributed by atoms with Gasteiger partial charge in [-0.05, 0) is 56.3 Å². The van der Waals surface area contributed by atoms with Gasteiger partial charge in [-0.15, -0.1) is 0 Å². The lowest BCUT2D eigenvalue weighted by molar-refractivity contribution is -0.153. The number of halogens is 3. The summed E-state index contributed by atoms with van der Waals surface area (Å²) in [5.74, 6) is 0.0467. The summed E-state index contributed by atoms with van der Waals surface area (Å²) in [6.45, 7) is 2.24. The number of hydrogen-bond donors (Lipinski definition) is 1. The molecule has 1 amide bonds. The zero-order valence-electron chi connectivity index (χ0n) is 19.7. The lowest BCUT2D eigenvalue weighted by Crippen LogP contribution is -2.49. The van der Waals surface area contributed by atoms with Crippen LogP contribution in [0.25, 0.3) is 11.3 Å². The summed E-state index contributed by atoms with van der Waals surface area (Å²) >= 11 is 0. The molecular weight excluding hydrogens is 461 g/mol. The van der Waals surface area contributed by atoms with Crippen molar-refractivity contribution in [3.05, 3.63) is 59.8 Å². The number of ether oxygens (including phenoxy) is 1. The third-order valence-electron chi connectivity index (χ3n) is 5.91. The summed E-state index contributed by atoms with van der Waals surface area (Å²) in [4.78, 5) is 23.5. The molecule has 0 bridgehead atoms. The van der Waals surface area contributed by atoms with Gasteiger partial charge in [-0.1, -0.05) is 0 Å². The molecule has 0 spiro atoms. The monoisotopic (exact) mass is 488 g/mol. The molecule has 1 saturated heterocycles. The molecule has 2 atom stereocenters. The molecule has 1 aromatic carbocycles. The van der Waals surface area contributed by atoms with Crippen LogP contribution >= 0.6 is 0 Å². The van der Waals surface area contributed by atoms with Gasteiger partial charge in [0, 0.05) is 43.9 Å². The fraction of sp³-hybridized carbons (Fsp3) is 0.417. The number of nitrogens with zero attached hydrogens (tertiary/aromatic N) is 5. The van der Waals surface area contributed by atoms with E-state index in [9.17, 15) is 18.0 Å². The van der Waals surface area contributed by atoms with Crippen LogP contribution in [0.4, 0.5) is 13.2 Å². The molecule has 0 radical (unpaired) electrons. The van der Waals surface area contributed by atoms with Gasteiger partial charge in [0.05, 0.1) is 11.4 Å². The van der Waals surface area contributed by atoms with Gasteiger partial charge in [0.1, 0.15) is 17.8 Å². The van der Waals surface area contributed by atoms with E-state index in [-0.39, 0.29) is 29.3 Å². The number of piperidine rings is 1. The number of hydrogen-bond acceptors (Lipinski definition) is 6. The lowest BCUT2D eigenvalue weighted by Gasteiger charge is -2.36. The first-order valence-corrected chi connectivity index (χ1v) is 11.2. The maximum absolute atomic E-state index is 13.0. The highest BCUT2D eigenvalue weighted by Crippen LogP contribution is 2.29. The first-order valence-electron chi connectivity index (χ1n) is 11.2.